The molecule has 5 nitrogen and oxygen atoms in total. The van der Waals surface area contributed by atoms with E-state index in [0.717, 1.165) is 16.5 Å². The molecule has 6 heteroatoms. The lowest BCUT2D eigenvalue weighted by Crippen LogP contribution is -1.96. The molecule has 0 radical (unpaired) electrons. The van der Waals surface area contributed by atoms with Gasteiger partial charge in [0.05, 0.1) is 5.75 Å². The average Bonchev–Trinajstić information content (AvgIpc) is 2.99. The number of carbonyl (C=O) groups excluding carboxylic acids is 1. The summed E-state index contributed by atoms with van der Waals surface area (Å²) < 4.78 is 11.2. The minimum absolute atomic E-state index is 0.0664. The quantitative estimate of drug-likeness (QED) is 0.649. The molecule has 0 atom stereocenters. The van der Waals surface area contributed by atoms with E-state index in [1.54, 1.807) is 0 Å². The van der Waals surface area contributed by atoms with Crippen LogP contribution in [0.15, 0.2) is 52.1 Å². The standard InChI is InChI=1S/C16H14N2O3S/c1-11(19)10-22-16-18-17-15(21-16)9-20-14-8-4-6-12-5-2-3-7-13(12)14/h2-8H,9-10H2,1H3. The third kappa shape index (κ3) is 3.46. The molecular formula is C16H14N2O3S. The van der Waals surface area contributed by atoms with Gasteiger partial charge in [0.1, 0.15) is 11.5 Å². The molecule has 2 aromatic carbocycles. The summed E-state index contributed by atoms with van der Waals surface area (Å²) in [7, 11) is 0. The summed E-state index contributed by atoms with van der Waals surface area (Å²) in [5, 5.41) is 10.3. The van der Waals surface area contributed by atoms with Crippen molar-refractivity contribution in [1.29, 1.82) is 0 Å². The molecular weight excluding hydrogens is 300 g/mol. The zero-order valence-corrected chi connectivity index (χ0v) is 12.8. The number of hydrogen-bond donors (Lipinski definition) is 0. The fourth-order valence-electron chi connectivity index (χ4n) is 1.98. The van der Waals surface area contributed by atoms with Crippen LogP contribution >= 0.6 is 11.8 Å². The van der Waals surface area contributed by atoms with Gasteiger partial charge in [0.15, 0.2) is 6.61 Å². The third-order valence-corrected chi connectivity index (χ3v) is 3.91. The molecule has 0 saturated heterocycles. The normalized spacial score (nSPS) is 10.8. The van der Waals surface area contributed by atoms with Crippen LogP contribution in [-0.2, 0) is 11.4 Å². The fraction of sp³-hybridized carbons (Fsp3) is 0.188. The summed E-state index contributed by atoms with van der Waals surface area (Å²) in [5.74, 6) is 1.55. The predicted molar refractivity (Wildman–Crippen MR) is 84.0 cm³/mol. The van der Waals surface area contributed by atoms with Crippen LogP contribution < -0.4 is 4.74 Å². The van der Waals surface area contributed by atoms with Crippen LogP contribution in [0, 0.1) is 0 Å². The van der Waals surface area contributed by atoms with Crippen molar-refractivity contribution in [2.24, 2.45) is 0 Å². The third-order valence-electron chi connectivity index (χ3n) is 2.95. The highest BCUT2D eigenvalue weighted by atomic mass is 32.2. The van der Waals surface area contributed by atoms with E-state index in [-0.39, 0.29) is 12.4 Å². The van der Waals surface area contributed by atoms with Gasteiger partial charge in [-0.15, -0.1) is 10.2 Å². The SMILES string of the molecule is CC(=O)CSc1nnc(COc2cccc3ccccc23)o1. The first-order chi connectivity index (χ1) is 10.7. The van der Waals surface area contributed by atoms with Crippen LogP contribution in [0.2, 0.25) is 0 Å². The number of rotatable bonds is 6. The molecule has 0 fully saturated rings. The lowest BCUT2D eigenvalue weighted by atomic mass is 10.1. The van der Waals surface area contributed by atoms with E-state index in [9.17, 15) is 4.79 Å². The molecule has 0 N–H and O–H groups in total. The van der Waals surface area contributed by atoms with E-state index in [0.29, 0.717) is 16.9 Å². The van der Waals surface area contributed by atoms with E-state index < -0.39 is 0 Å². The van der Waals surface area contributed by atoms with Gasteiger partial charge in [-0.1, -0.05) is 48.2 Å². The number of ether oxygens (including phenoxy) is 1. The molecule has 0 aliphatic heterocycles. The summed E-state index contributed by atoms with van der Waals surface area (Å²) in [6.07, 6.45) is 0. The minimum atomic E-state index is 0.0664. The molecule has 0 bridgehead atoms. The van der Waals surface area contributed by atoms with Crippen molar-refractivity contribution in [2.75, 3.05) is 5.75 Å². The molecule has 3 aromatic rings. The topological polar surface area (TPSA) is 65.2 Å². The van der Waals surface area contributed by atoms with Crippen LogP contribution in [-0.4, -0.2) is 21.7 Å². The number of carbonyl (C=O) groups is 1. The molecule has 0 spiro atoms. The van der Waals surface area contributed by atoms with E-state index in [4.69, 9.17) is 9.15 Å². The Labute approximate surface area is 131 Å². The number of benzene rings is 2. The van der Waals surface area contributed by atoms with Gasteiger partial charge in [-0.2, -0.15) is 0 Å². The average molecular weight is 314 g/mol. The van der Waals surface area contributed by atoms with Gasteiger partial charge in [-0.3, -0.25) is 4.79 Å². The van der Waals surface area contributed by atoms with Crippen LogP contribution in [0.5, 0.6) is 5.75 Å². The van der Waals surface area contributed by atoms with E-state index >= 15 is 0 Å². The van der Waals surface area contributed by atoms with Crippen molar-refractivity contribution in [3.05, 3.63) is 48.4 Å². The monoisotopic (exact) mass is 314 g/mol. The summed E-state index contributed by atoms with van der Waals surface area (Å²) >= 11 is 1.23. The Morgan fingerprint density at radius 2 is 2.00 bits per heavy atom. The zero-order valence-electron chi connectivity index (χ0n) is 12.0. The van der Waals surface area contributed by atoms with Crippen molar-refractivity contribution in [2.45, 2.75) is 18.8 Å². The van der Waals surface area contributed by atoms with Gasteiger partial charge in [0.2, 0.25) is 0 Å². The second-order valence-electron chi connectivity index (χ2n) is 4.72. The Morgan fingerprint density at radius 1 is 1.18 bits per heavy atom. The van der Waals surface area contributed by atoms with Crippen LogP contribution in [0.4, 0.5) is 0 Å². The first kappa shape index (κ1) is 14.6. The van der Waals surface area contributed by atoms with Crippen molar-refractivity contribution in [1.82, 2.24) is 10.2 Å². The maximum Gasteiger partial charge on any atom is 0.277 e. The highest BCUT2D eigenvalue weighted by Gasteiger charge is 2.09. The summed E-state index contributed by atoms with van der Waals surface area (Å²) in [4.78, 5) is 10.9. The van der Waals surface area contributed by atoms with Gasteiger partial charge in [0.25, 0.3) is 11.1 Å². The molecule has 0 aliphatic rings. The van der Waals surface area contributed by atoms with Crippen molar-refractivity contribution < 1.29 is 13.9 Å². The zero-order chi connectivity index (χ0) is 15.4. The lowest BCUT2D eigenvalue weighted by molar-refractivity contribution is -0.114. The highest BCUT2D eigenvalue weighted by molar-refractivity contribution is 7.99. The maximum atomic E-state index is 10.9. The molecule has 112 valence electrons. The van der Waals surface area contributed by atoms with Gasteiger partial charge in [-0.25, -0.2) is 0 Å². The number of thioether (sulfide) groups is 1. The van der Waals surface area contributed by atoms with Gasteiger partial charge in [-0.05, 0) is 18.4 Å². The van der Waals surface area contributed by atoms with Crippen LogP contribution in [0.1, 0.15) is 12.8 Å². The summed E-state index contributed by atoms with van der Waals surface area (Å²) in [5.41, 5.74) is 0. The Morgan fingerprint density at radius 3 is 2.86 bits per heavy atom. The van der Waals surface area contributed by atoms with Gasteiger partial charge >= 0.3 is 0 Å². The Hall–Kier alpha value is -2.34. The van der Waals surface area contributed by atoms with E-state index in [2.05, 4.69) is 10.2 Å². The number of ketones is 1. The molecule has 1 aromatic heterocycles. The molecule has 3 rings (SSSR count). The smallest absolute Gasteiger partial charge is 0.277 e. The first-order valence-corrected chi connectivity index (χ1v) is 7.76. The van der Waals surface area contributed by atoms with Crippen molar-refractivity contribution in [3.8, 4) is 5.75 Å². The van der Waals surface area contributed by atoms with Gasteiger partial charge < -0.3 is 9.15 Å². The number of hydrogen-bond acceptors (Lipinski definition) is 6. The fourth-order valence-corrected chi connectivity index (χ4v) is 2.56. The molecule has 0 saturated carbocycles. The van der Waals surface area contributed by atoms with E-state index in [1.807, 2.05) is 42.5 Å². The van der Waals surface area contributed by atoms with Crippen molar-refractivity contribution in [3.63, 3.8) is 0 Å². The summed E-state index contributed by atoms with van der Waals surface area (Å²) in [6, 6.07) is 13.9. The number of nitrogens with zero attached hydrogens (tertiary/aromatic N) is 2. The predicted octanol–water partition coefficient (Wildman–Crippen LogP) is 3.48. The van der Waals surface area contributed by atoms with Crippen LogP contribution in [0.3, 0.4) is 0 Å². The minimum Gasteiger partial charge on any atom is -0.483 e. The maximum absolute atomic E-state index is 10.9. The van der Waals surface area contributed by atoms with Crippen molar-refractivity contribution >= 4 is 28.3 Å². The van der Waals surface area contributed by atoms with Crippen LogP contribution in [0.25, 0.3) is 10.8 Å². The molecule has 1 heterocycles. The Kier molecular flexibility index (Phi) is 4.39. The second kappa shape index (κ2) is 6.62. The van der Waals surface area contributed by atoms with Gasteiger partial charge in [0, 0.05) is 5.39 Å². The molecule has 0 aliphatic carbocycles. The first-order valence-electron chi connectivity index (χ1n) is 6.77. The molecule has 0 amide bonds. The Balaban J connectivity index is 1.68. The lowest BCUT2D eigenvalue weighted by Gasteiger charge is -2.07. The summed E-state index contributed by atoms with van der Waals surface area (Å²) in [6.45, 7) is 1.72. The molecule has 22 heavy (non-hydrogen) atoms. The molecule has 0 unspecified atom stereocenters. The number of fused-ring (bicyclic) bond motifs is 1. The number of aromatic nitrogens is 2. The largest absolute Gasteiger partial charge is 0.483 e. The highest BCUT2D eigenvalue weighted by Crippen LogP contribution is 2.26. The second-order valence-corrected chi connectivity index (χ2v) is 5.64. The number of Topliss-reactive ketones (excluding diaryl/α,β-unsaturated/α-hetero) is 1. The van der Waals surface area contributed by atoms with E-state index in [1.165, 1.54) is 18.7 Å². The Bertz CT molecular complexity index is 795.